The van der Waals surface area contributed by atoms with E-state index >= 15 is 0 Å². The molecular formula is C13H9F3N6. The standard InChI is InChI=1S/C13H9F3N6/c14-13(15,16)11-5-7(3-4-18-11)9-2-1-8(17)6-10(9)12-19-21-22-20-12/h1-6H,17H2,(H,19,20,21,22). The highest BCUT2D eigenvalue weighted by atomic mass is 19.4. The molecule has 0 aliphatic rings. The van der Waals surface area contributed by atoms with Gasteiger partial charge in [0, 0.05) is 17.4 Å². The van der Waals surface area contributed by atoms with Gasteiger partial charge < -0.3 is 5.73 Å². The van der Waals surface area contributed by atoms with Gasteiger partial charge in [0.15, 0.2) is 0 Å². The van der Waals surface area contributed by atoms with Crippen LogP contribution in [0.1, 0.15) is 5.69 Å². The van der Waals surface area contributed by atoms with Crippen molar-refractivity contribution < 1.29 is 13.2 Å². The van der Waals surface area contributed by atoms with Crippen molar-refractivity contribution in [2.45, 2.75) is 6.18 Å². The number of nitrogens with one attached hydrogen (secondary N) is 1. The van der Waals surface area contributed by atoms with E-state index < -0.39 is 11.9 Å². The Balaban J connectivity index is 2.17. The fourth-order valence-electron chi connectivity index (χ4n) is 2.03. The van der Waals surface area contributed by atoms with Crippen molar-refractivity contribution in [3.63, 3.8) is 0 Å². The lowest BCUT2D eigenvalue weighted by atomic mass is 9.98. The van der Waals surface area contributed by atoms with Crippen LogP contribution in [0.5, 0.6) is 0 Å². The predicted octanol–water partition coefficient (Wildman–Crippen LogP) is 2.53. The van der Waals surface area contributed by atoms with E-state index in [0.29, 0.717) is 22.4 Å². The van der Waals surface area contributed by atoms with Crippen LogP contribution in [-0.4, -0.2) is 25.6 Å². The Morgan fingerprint density at radius 3 is 2.55 bits per heavy atom. The third-order valence-corrected chi connectivity index (χ3v) is 2.99. The number of aromatic nitrogens is 5. The summed E-state index contributed by atoms with van der Waals surface area (Å²) in [6.45, 7) is 0. The average molecular weight is 306 g/mol. The van der Waals surface area contributed by atoms with E-state index in [0.717, 1.165) is 12.3 Å². The molecule has 0 amide bonds. The van der Waals surface area contributed by atoms with Gasteiger partial charge in [0.05, 0.1) is 0 Å². The highest BCUT2D eigenvalue weighted by Gasteiger charge is 2.32. The summed E-state index contributed by atoms with van der Waals surface area (Å²) in [6.07, 6.45) is -3.41. The Kier molecular flexibility index (Phi) is 3.24. The molecule has 0 unspecified atom stereocenters. The van der Waals surface area contributed by atoms with Gasteiger partial charge in [-0.1, -0.05) is 6.07 Å². The molecule has 0 bridgehead atoms. The second-order valence-electron chi connectivity index (χ2n) is 4.47. The van der Waals surface area contributed by atoms with Gasteiger partial charge in [0.2, 0.25) is 5.82 Å². The van der Waals surface area contributed by atoms with Gasteiger partial charge in [-0.2, -0.15) is 18.4 Å². The van der Waals surface area contributed by atoms with E-state index in [1.807, 2.05) is 0 Å². The summed E-state index contributed by atoms with van der Waals surface area (Å²) >= 11 is 0. The zero-order valence-electron chi connectivity index (χ0n) is 11.0. The third kappa shape index (κ3) is 2.60. The minimum atomic E-state index is -4.52. The first kappa shape index (κ1) is 14.0. The fourth-order valence-corrected chi connectivity index (χ4v) is 2.03. The van der Waals surface area contributed by atoms with E-state index in [2.05, 4.69) is 25.6 Å². The number of nitrogen functional groups attached to an aromatic ring is 1. The molecule has 0 fully saturated rings. The van der Waals surface area contributed by atoms with Gasteiger partial charge in [-0.05, 0) is 40.6 Å². The number of tetrazole rings is 1. The first-order valence-electron chi connectivity index (χ1n) is 6.12. The minimum absolute atomic E-state index is 0.243. The highest BCUT2D eigenvalue weighted by molar-refractivity contribution is 5.82. The van der Waals surface area contributed by atoms with Gasteiger partial charge in [-0.3, -0.25) is 4.98 Å². The molecule has 0 aliphatic carbocycles. The first-order valence-corrected chi connectivity index (χ1v) is 6.12. The van der Waals surface area contributed by atoms with Gasteiger partial charge in [0.25, 0.3) is 0 Å². The summed E-state index contributed by atoms with van der Waals surface area (Å²) < 4.78 is 38.4. The van der Waals surface area contributed by atoms with Crippen molar-refractivity contribution in [1.29, 1.82) is 0 Å². The highest BCUT2D eigenvalue weighted by Crippen LogP contribution is 2.34. The molecule has 0 atom stereocenters. The molecular weight excluding hydrogens is 297 g/mol. The molecule has 22 heavy (non-hydrogen) atoms. The molecule has 0 aliphatic heterocycles. The summed E-state index contributed by atoms with van der Waals surface area (Å²) in [5.41, 5.74) is 6.52. The van der Waals surface area contributed by atoms with Crippen molar-refractivity contribution in [2.75, 3.05) is 5.73 Å². The number of aromatic amines is 1. The lowest BCUT2D eigenvalue weighted by Gasteiger charge is -2.10. The molecule has 2 aromatic heterocycles. The van der Waals surface area contributed by atoms with Crippen LogP contribution in [0.4, 0.5) is 18.9 Å². The van der Waals surface area contributed by atoms with E-state index in [-0.39, 0.29) is 5.82 Å². The van der Waals surface area contributed by atoms with Crippen LogP contribution < -0.4 is 5.73 Å². The number of pyridine rings is 1. The number of halogens is 3. The number of nitrogens with zero attached hydrogens (tertiary/aromatic N) is 4. The molecule has 6 nitrogen and oxygen atoms in total. The number of anilines is 1. The lowest BCUT2D eigenvalue weighted by Crippen LogP contribution is -2.07. The van der Waals surface area contributed by atoms with Crippen molar-refractivity contribution >= 4 is 5.69 Å². The molecule has 1 aromatic carbocycles. The van der Waals surface area contributed by atoms with Gasteiger partial charge >= 0.3 is 6.18 Å². The molecule has 3 rings (SSSR count). The SMILES string of the molecule is Nc1ccc(-c2ccnc(C(F)(F)F)c2)c(-c2nn[nH]n2)c1. The second-order valence-corrected chi connectivity index (χ2v) is 4.47. The Morgan fingerprint density at radius 1 is 1.05 bits per heavy atom. The van der Waals surface area contributed by atoms with Crippen molar-refractivity contribution in [3.8, 4) is 22.5 Å². The van der Waals surface area contributed by atoms with Crippen molar-refractivity contribution in [3.05, 3.63) is 42.2 Å². The second kappa shape index (κ2) is 5.10. The molecule has 0 saturated heterocycles. The first-order chi connectivity index (χ1) is 10.4. The largest absolute Gasteiger partial charge is 0.433 e. The summed E-state index contributed by atoms with van der Waals surface area (Å²) in [6, 6.07) is 7.22. The molecule has 3 aromatic rings. The zero-order chi connectivity index (χ0) is 15.7. The van der Waals surface area contributed by atoms with E-state index in [9.17, 15) is 13.2 Å². The van der Waals surface area contributed by atoms with E-state index in [4.69, 9.17) is 5.73 Å². The minimum Gasteiger partial charge on any atom is -0.399 e. The van der Waals surface area contributed by atoms with Crippen LogP contribution in [0, 0.1) is 0 Å². The number of alkyl halides is 3. The monoisotopic (exact) mass is 306 g/mol. The van der Waals surface area contributed by atoms with Crippen LogP contribution >= 0.6 is 0 Å². The number of benzene rings is 1. The number of hydrogen-bond acceptors (Lipinski definition) is 5. The quantitative estimate of drug-likeness (QED) is 0.710. The van der Waals surface area contributed by atoms with Gasteiger partial charge in [0.1, 0.15) is 5.69 Å². The molecule has 112 valence electrons. The van der Waals surface area contributed by atoms with Crippen molar-refractivity contribution in [2.24, 2.45) is 0 Å². The van der Waals surface area contributed by atoms with Gasteiger partial charge in [-0.25, -0.2) is 0 Å². The van der Waals surface area contributed by atoms with Crippen molar-refractivity contribution in [1.82, 2.24) is 25.6 Å². The Morgan fingerprint density at radius 2 is 1.86 bits per heavy atom. The summed E-state index contributed by atoms with van der Waals surface area (Å²) in [5, 5.41) is 13.4. The molecule has 0 radical (unpaired) electrons. The number of hydrogen-bond donors (Lipinski definition) is 2. The summed E-state index contributed by atoms with van der Waals surface area (Å²) in [4.78, 5) is 3.35. The summed E-state index contributed by atoms with van der Waals surface area (Å²) in [7, 11) is 0. The van der Waals surface area contributed by atoms with E-state index in [1.165, 1.54) is 6.07 Å². The van der Waals surface area contributed by atoms with Gasteiger partial charge in [-0.15, -0.1) is 10.2 Å². The Bertz CT molecular complexity index is 798. The topological polar surface area (TPSA) is 93.4 Å². The van der Waals surface area contributed by atoms with Crippen LogP contribution in [0.2, 0.25) is 0 Å². The van der Waals surface area contributed by atoms with Crippen LogP contribution in [-0.2, 0) is 6.18 Å². The number of rotatable bonds is 2. The Hall–Kier alpha value is -2.97. The average Bonchev–Trinajstić information content (AvgIpc) is 3.00. The third-order valence-electron chi connectivity index (χ3n) is 2.99. The zero-order valence-corrected chi connectivity index (χ0v) is 11.0. The normalized spacial score (nSPS) is 11.6. The maximum atomic E-state index is 12.8. The van der Waals surface area contributed by atoms with Crippen LogP contribution in [0.3, 0.4) is 0 Å². The predicted molar refractivity (Wildman–Crippen MR) is 72.3 cm³/mol. The van der Waals surface area contributed by atoms with Crippen LogP contribution in [0.25, 0.3) is 22.5 Å². The smallest absolute Gasteiger partial charge is 0.399 e. The molecule has 2 heterocycles. The number of nitrogens with two attached hydrogens (primary N) is 1. The Labute approximate surface area is 122 Å². The molecule has 0 saturated carbocycles. The molecule has 3 N–H and O–H groups in total. The fraction of sp³-hybridized carbons (Fsp3) is 0.0769. The van der Waals surface area contributed by atoms with Crippen LogP contribution in [0.15, 0.2) is 36.5 Å². The lowest BCUT2D eigenvalue weighted by molar-refractivity contribution is -0.141. The summed E-state index contributed by atoms with van der Waals surface area (Å²) in [5.74, 6) is 0.243. The maximum Gasteiger partial charge on any atom is 0.433 e. The number of H-pyrrole nitrogens is 1. The maximum absolute atomic E-state index is 12.8. The van der Waals surface area contributed by atoms with E-state index in [1.54, 1.807) is 18.2 Å². The molecule has 0 spiro atoms. The molecule has 9 heteroatoms.